The van der Waals surface area contributed by atoms with Gasteiger partial charge in [-0.05, 0) is 25.7 Å². The van der Waals surface area contributed by atoms with Crippen LogP contribution in [0.1, 0.15) is 26.5 Å². The normalized spacial score (nSPS) is 12.7. The van der Waals surface area contributed by atoms with Gasteiger partial charge < -0.3 is 4.74 Å². The molecule has 0 aromatic carbocycles. The topological polar surface area (TPSA) is 76.1 Å². The van der Waals surface area contributed by atoms with Crippen molar-refractivity contribution >= 4 is 17.4 Å². The van der Waals surface area contributed by atoms with Gasteiger partial charge in [0.15, 0.2) is 5.60 Å². The number of ether oxygens (including phenoxy) is 1. The highest BCUT2D eigenvalue weighted by atomic mass is 32.2. The second-order valence-electron chi connectivity index (χ2n) is 6.91. The van der Waals surface area contributed by atoms with Crippen LogP contribution >= 0.6 is 11.8 Å². The lowest BCUT2D eigenvalue weighted by Gasteiger charge is -2.18. The van der Waals surface area contributed by atoms with Crippen molar-refractivity contribution in [2.75, 3.05) is 5.75 Å². The van der Waals surface area contributed by atoms with E-state index >= 15 is 0 Å². The van der Waals surface area contributed by atoms with Crippen LogP contribution in [0.3, 0.4) is 0 Å². The van der Waals surface area contributed by atoms with Crippen LogP contribution < -0.4 is 4.74 Å². The second-order valence-corrected chi connectivity index (χ2v) is 8.22. The zero-order valence-corrected chi connectivity index (χ0v) is 17.4. The molecule has 0 aliphatic rings. The van der Waals surface area contributed by atoms with Crippen molar-refractivity contribution in [3.8, 4) is 23.2 Å². The van der Waals surface area contributed by atoms with Crippen LogP contribution in [0.15, 0.2) is 35.7 Å². The number of pyridine rings is 1. The highest BCUT2D eigenvalue weighted by Crippen LogP contribution is 2.43. The Hall–Kier alpha value is -2.94. The summed E-state index contributed by atoms with van der Waals surface area (Å²) in [5.41, 5.74) is -2.00. The summed E-state index contributed by atoms with van der Waals surface area (Å²) in [5.74, 6) is -4.09. The Morgan fingerprint density at radius 2 is 1.87 bits per heavy atom. The first kappa shape index (κ1) is 22.7. The fourth-order valence-electron chi connectivity index (χ4n) is 2.58. The zero-order valence-electron chi connectivity index (χ0n) is 16.5. The summed E-state index contributed by atoms with van der Waals surface area (Å²) >= 11 is 1.41. The van der Waals surface area contributed by atoms with E-state index in [-0.39, 0.29) is 11.3 Å². The van der Waals surface area contributed by atoms with Crippen molar-refractivity contribution in [3.63, 3.8) is 0 Å². The molecular formula is C19H16F5N5OS. The molecule has 3 aromatic heterocycles. The van der Waals surface area contributed by atoms with Crippen LogP contribution in [0.5, 0.6) is 5.75 Å². The minimum Gasteiger partial charge on any atom is -0.471 e. The number of thioether (sulfide) groups is 1. The summed E-state index contributed by atoms with van der Waals surface area (Å²) < 4.78 is 72.0. The maximum absolute atomic E-state index is 13.6. The van der Waals surface area contributed by atoms with Gasteiger partial charge in [0.05, 0.1) is 6.20 Å². The van der Waals surface area contributed by atoms with Crippen LogP contribution in [0.4, 0.5) is 22.0 Å². The molecule has 0 saturated heterocycles. The molecule has 0 aliphatic heterocycles. The third-order valence-electron chi connectivity index (χ3n) is 4.04. The summed E-state index contributed by atoms with van der Waals surface area (Å²) in [4.78, 5) is 12.4. The van der Waals surface area contributed by atoms with E-state index in [1.54, 1.807) is 19.9 Å². The van der Waals surface area contributed by atoms with E-state index in [4.69, 9.17) is 10.00 Å². The van der Waals surface area contributed by atoms with Crippen LogP contribution in [-0.2, 0) is 5.92 Å². The molecule has 3 aromatic rings. The number of hydrogen-bond donors (Lipinski definition) is 0. The fourth-order valence-corrected chi connectivity index (χ4v) is 3.38. The second kappa shape index (κ2) is 7.96. The van der Waals surface area contributed by atoms with Crippen LogP contribution in [-0.4, -0.2) is 36.9 Å². The monoisotopic (exact) mass is 457 g/mol. The van der Waals surface area contributed by atoms with Crippen molar-refractivity contribution in [3.05, 3.63) is 36.5 Å². The van der Waals surface area contributed by atoms with Gasteiger partial charge in [0.25, 0.3) is 0 Å². The molecule has 0 bridgehead atoms. The lowest BCUT2D eigenvalue weighted by Crippen LogP contribution is -2.34. The van der Waals surface area contributed by atoms with Gasteiger partial charge >= 0.3 is 12.1 Å². The van der Waals surface area contributed by atoms with Crippen molar-refractivity contribution in [1.29, 1.82) is 5.26 Å². The molecule has 0 spiro atoms. The molecule has 0 radical (unpaired) electrons. The standard InChI is InChI=1S/C19H16F5N5OS/c1-4-31-13-5-11(30-17(2,3)9-25)7-26-16(13)12-8-29-10-27-14(6-15(29)28-12)18(20,21)19(22,23)24/h5-8,10H,4H2,1-3H3. The molecule has 0 N–H and O–H groups in total. The first-order valence-electron chi connectivity index (χ1n) is 8.91. The van der Waals surface area contributed by atoms with E-state index in [2.05, 4.69) is 15.0 Å². The van der Waals surface area contributed by atoms with Gasteiger partial charge in [0.1, 0.15) is 40.9 Å². The maximum Gasteiger partial charge on any atom is 0.459 e. The van der Waals surface area contributed by atoms with Crippen molar-refractivity contribution in [2.24, 2.45) is 0 Å². The van der Waals surface area contributed by atoms with Crippen molar-refractivity contribution in [1.82, 2.24) is 19.4 Å². The summed E-state index contributed by atoms with van der Waals surface area (Å²) in [6.45, 7) is 5.09. The Balaban J connectivity index is 2.04. The Bertz CT molecular complexity index is 1150. The zero-order chi connectivity index (χ0) is 23.0. The van der Waals surface area contributed by atoms with Gasteiger partial charge in [-0.1, -0.05) is 6.92 Å². The lowest BCUT2D eigenvalue weighted by atomic mass is 10.2. The first-order chi connectivity index (χ1) is 14.4. The minimum atomic E-state index is -5.77. The average molecular weight is 457 g/mol. The number of rotatable bonds is 6. The molecule has 0 unspecified atom stereocenters. The molecule has 3 heterocycles. The quantitative estimate of drug-likeness (QED) is 0.372. The van der Waals surface area contributed by atoms with Gasteiger partial charge in [-0.2, -0.15) is 27.2 Å². The number of imidazole rings is 1. The summed E-state index contributed by atoms with van der Waals surface area (Å²) in [7, 11) is 0. The van der Waals surface area contributed by atoms with Gasteiger partial charge in [0, 0.05) is 17.2 Å². The van der Waals surface area contributed by atoms with Gasteiger partial charge in [-0.3, -0.25) is 4.40 Å². The average Bonchev–Trinajstić information content (AvgIpc) is 3.10. The number of aromatic nitrogens is 4. The third-order valence-corrected chi connectivity index (χ3v) is 4.95. The van der Waals surface area contributed by atoms with Gasteiger partial charge in [-0.25, -0.2) is 15.0 Å². The van der Waals surface area contributed by atoms with E-state index in [0.29, 0.717) is 28.2 Å². The molecule has 0 amide bonds. The van der Waals surface area contributed by atoms with Gasteiger partial charge in [-0.15, -0.1) is 11.8 Å². The molecule has 164 valence electrons. The Kier molecular flexibility index (Phi) is 5.84. The number of nitrogens with zero attached hydrogens (tertiary/aromatic N) is 5. The first-order valence-corrected chi connectivity index (χ1v) is 9.90. The van der Waals surface area contributed by atoms with E-state index < -0.39 is 23.4 Å². The largest absolute Gasteiger partial charge is 0.471 e. The number of halogens is 5. The van der Waals surface area contributed by atoms with Crippen LogP contribution in [0.2, 0.25) is 0 Å². The Morgan fingerprint density at radius 3 is 2.48 bits per heavy atom. The molecule has 12 heteroatoms. The van der Waals surface area contributed by atoms with E-state index in [9.17, 15) is 22.0 Å². The van der Waals surface area contributed by atoms with Crippen LogP contribution in [0.25, 0.3) is 17.0 Å². The SMILES string of the molecule is CCSc1cc(OC(C)(C)C#N)cnc1-c1cn2cnc(C(F)(F)C(F)(F)F)cc2n1. The molecule has 6 nitrogen and oxygen atoms in total. The molecule has 31 heavy (non-hydrogen) atoms. The van der Waals surface area contributed by atoms with Crippen molar-refractivity contribution < 1.29 is 26.7 Å². The molecule has 0 saturated carbocycles. The summed E-state index contributed by atoms with van der Waals surface area (Å²) in [5, 5.41) is 9.13. The van der Waals surface area contributed by atoms with E-state index in [1.165, 1.54) is 28.6 Å². The molecule has 0 aliphatic carbocycles. The van der Waals surface area contributed by atoms with E-state index in [0.717, 1.165) is 6.33 Å². The Labute approximate surface area is 178 Å². The van der Waals surface area contributed by atoms with Crippen LogP contribution in [0, 0.1) is 11.3 Å². The summed E-state index contributed by atoms with van der Waals surface area (Å²) in [6, 6.07) is 4.27. The van der Waals surface area contributed by atoms with Gasteiger partial charge in [0.2, 0.25) is 0 Å². The summed E-state index contributed by atoms with van der Waals surface area (Å²) in [6.07, 6.45) is -2.10. The minimum absolute atomic E-state index is 0.135. The number of fused-ring (bicyclic) bond motifs is 1. The molecule has 0 atom stereocenters. The lowest BCUT2D eigenvalue weighted by molar-refractivity contribution is -0.290. The van der Waals surface area contributed by atoms with E-state index in [1.807, 2.05) is 13.0 Å². The third kappa shape index (κ3) is 4.56. The maximum atomic E-state index is 13.6. The number of nitriles is 1. The Morgan fingerprint density at radius 1 is 1.16 bits per heavy atom. The number of alkyl halides is 5. The molecule has 3 rings (SSSR count). The molecule has 0 fully saturated rings. The smallest absolute Gasteiger partial charge is 0.459 e. The predicted molar refractivity (Wildman–Crippen MR) is 103 cm³/mol. The van der Waals surface area contributed by atoms with Crippen molar-refractivity contribution in [2.45, 2.75) is 43.4 Å². The number of hydrogen-bond acceptors (Lipinski definition) is 6. The molecular weight excluding hydrogens is 441 g/mol. The predicted octanol–water partition coefficient (Wildman–Crippen LogP) is 5.24. The fraction of sp³-hybridized carbons (Fsp3) is 0.368. The highest BCUT2D eigenvalue weighted by Gasteiger charge is 2.60. The highest BCUT2D eigenvalue weighted by molar-refractivity contribution is 7.99.